The molecule has 0 spiro atoms. The minimum absolute atomic E-state index is 0.0522. The van der Waals surface area contributed by atoms with Gasteiger partial charge in [0.2, 0.25) is 0 Å². The molecule has 1 aromatic carbocycles. The molecule has 1 saturated heterocycles. The highest BCUT2D eigenvalue weighted by Crippen LogP contribution is 2.17. The normalized spacial score (nSPS) is 20.5. The van der Waals surface area contributed by atoms with Gasteiger partial charge in [-0.15, -0.1) is 0 Å². The van der Waals surface area contributed by atoms with Crippen LogP contribution in [-0.4, -0.2) is 24.9 Å². The third-order valence-corrected chi connectivity index (χ3v) is 2.91. The maximum atomic E-state index is 11.9. The molecule has 0 aromatic heterocycles. The first-order valence-corrected chi connectivity index (χ1v) is 5.85. The van der Waals surface area contributed by atoms with Crippen LogP contribution < -0.4 is 5.32 Å². The monoisotopic (exact) mass is 245 g/mol. The maximum absolute atomic E-state index is 11.9. The molecule has 94 valence electrons. The SMILES string of the molecule is COC(=O)[C@@H]1CC/C(=C/C(=O)c2ccccc2)N1. The molecule has 0 aliphatic carbocycles. The summed E-state index contributed by atoms with van der Waals surface area (Å²) in [6.07, 6.45) is 2.91. The van der Waals surface area contributed by atoms with Crippen molar-refractivity contribution in [2.45, 2.75) is 18.9 Å². The molecule has 0 saturated carbocycles. The van der Waals surface area contributed by atoms with E-state index < -0.39 is 0 Å². The highest BCUT2D eigenvalue weighted by Gasteiger charge is 2.26. The summed E-state index contributed by atoms with van der Waals surface area (Å²) in [6, 6.07) is 8.73. The smallest absolute Gasteiger partial charge is 0.328 e. The van der Waals surface area contributed by atoms with Crippen molar-refractivity contribution in [1.82, 2.24) is 5.32 Å². The van der Waals surface area contributed by atoms with Gasteiger partial charge in [0.1, 0.15) is 6.04 Å². The van der Waals surface area contributed by atoms with E-state index in [-0.39, 0.29) is 17.8 Å². The Kier molecular flexibility index (Phi) is 3.77. The molecule has 1 aliphatic rings. The topological polar surface area (TPSA) is 55.4 Å². The van der Waals surface area contributed by atoms with Gasteiger partial charge in [-0.25, -0.2) is 4.79 Å². The van der Waals surface area contributed by atoms with E-state index in [1.165, 1.54) is 7.11 Å². The van der Waals surface area contributed by atoms with Gasteiger partial charge in [-0.3, -0.25) is 4.79 Å². The Morgan fingerprint density at radius 2 is 2.06 bits per heavy atom. The minimum atomic E-state index is -0.329. The average molecular weight is 245 g/mol. The number of hydrogen-bond acceptors (Lipinski definition) is 4. The molecule has 4 heteroatoms. The number of nitrogens with one attached hydrogen (secondary N) is 1. The van der Waals surface area contributed by atoms with E-state index in [1.807, 2.05) is 18.2 Å². The van der Waals surface area contributed by atoms with E-state index in [9.17, 15) is 9.59 Å². The fourth-order valence-electron chi connectivity index (χ4n) is 1.94. The molecule has 4 nitrogen and oxygen atoms in total. The fraction of sp³-hybridized carbons (Fsp3) is 0.286. The Labute approximate surface area is 106 Å². The van der Waals surface area contributed by atoms with Crippen LogP contribution in [0.1, 0.15) is 23.2 Å². The molecule has 1 aromatic rings. The second-order valence-electron chi connectivity index (χ2n) is 4.16. The van der Waals surface area contributed by atoms with Crippen LogP contribution in [0.25, 0.3) is 0 Å². The summed E-state index contributed by atoms with van der Waals surface area (Å²) in [7, 11) is 1.36. The van der Waals surface area contributed by atoms with Crippen LogP contribution in [0, 0.1) is 0 Å². The molecule has 0 amide bonds. The number of rotatable bonds is 3. The van der Waals surface area contributed by atoms with E-state index in [4.69, 9.17) is 0 Å². The molecule has 1 N–H and O–H groups in total. The number of esters is 1. The molecule has 2 rings (SSSR count). The maximum Gasteiger partial charge on any atom is 0.328 e. The first-order chi connectivity index (χ1) is 8.70. The predicted molar refractivity (Wildman–Crippen MR) is 67.0 cm³/mol. The molecule has 0 bridgehead atoms. The predicted octanol–water partition coefficient (Wildman–Crippen LogP) is 1.68. The first-order valence-electron chi connectivity index (χ1n) is 5.85. The number of ether oxygens (including phenoxy) is 1. The molecular weight excluding hydrogens is 230 g/mol. The quantitative estimate of drug-likeness (QED) is 0.500. The van der Waals surface area contributed by atoms with Gasteiger partial charge >= 0.3 is 5.97 Å². The lowest BCUT2D eigenvalue weighted by Gasteiger charge is -2.07. The van der Waals surface area contributed by atoms with Gasteiger partial charge in [-0.05, 0) is 12.8 Å². The second-order valence-corrected chi connectivity index (χ2v) is 4.16. The van der Waals surface area contributed by atoms with Gasteiger partial charge in [0.05, 0.1) is 7.11 Å². The lowest BCUT2D eigenvalue weighted by molar-refractivity contribution is -0.142. The Hall–Kier alpha value is -2.10. The van der Waals surface area contributed by atoms with E-state index >= 15 is 0 Å². The number of carbonyl (C=O) groups excluding carboxylic acids is 2. The van der Waals surface area contributed by atoms with Crippen LogP contribution in [0.3, 0.4) is 0 Å². The number of allylic oxidation sites excluding steroid dienone is 2. The van der Waals surface area contributed by atoms with E-state index in [2.05, 4.69) is 10.1 Å². The number of ketones is 1. The largest absolute Gasteiger partial charge is 0.467 e. The third kappa shape index (κ3) is 2.77. The molecule has 18 heavy (non-hydrogen) atoms. The summed E-state index contributed by atoms with van der Waals surface area (Å²) in [6.45, 7) is 0. The van der Waals surface area contributed by atoms with Gasteiger partial charge in [0.25, 0.3) is 0 Å². The van der Waals surface area contributed by atoms with Crippen molar-refractivity contribution in [2.75, 3.05) is 7.11 Å². The van der Waals surface area contributed by atoms with Crippen molar-refractivity contribution < 1.29 is 14.3 Å². The van der Waals surface area contributed by atoms with E-state index in [1.54, 1.807) is 18.2 Å². The Balaban J connectivity index is 2.03. The Bertz CT molecular complexity index is 479. The lowest BCUT2D eigenvalue weighted by Crippen LogP contribution is -2.31. The lowest BCUT2D eigenvalue weighted by atomic mass is 10.1. The summed E-state index contributed by atoms with van der Waals surface area (Å²) in [4.78, 5) is 23.2. The molecule has 0 unspecified atom stereocenters. The van der Waals surface area contributed by atoms with Crippen molar-refractivity contribution >= 4 is 11.8 Å². The van der Waals surface area contributed by atoms with Crippen LogP contribution in [0.15, 0.2) is 42.1 Å². The van der Waals surface area contributed by atoms with Gasteiger partial charge in [-0.1, -0.05) is 30.3 Å². The molecule has 1 fully saturated rings. The van der Waals surface area contributed by atoms with Crippen molar-refractivity contribution in [3.05, 3.63) is 47.7 Å². The second kappa shape index (κ2) is 5.49. The zero-order valence-electron chi connectivity index (χ0n) is 10.2. The van der Waals surface area contributed by atoms with Gasteiger partial charge in [-0.2, -0.15) is 0 Å². The van der Waals surface area contributed by atoms with Gasteiger partial charge < -0.3 is 10.1 Å². The fourth-order valence-corrected chi connectivity index (χ4v) is 1.94. The zero-order chi connectivity index (χ0) is 13.0. The van der Waals surface area contributed by atoms with E-state index in [0.717, 1.165) is 5.70 Å². The minimum Gasteiger partial charge on any atom is -0.467 e. The number of methoxy groups -OCH3 is 1. The van der Waals surface area contributed by atoms with Crippen LogP contribution >= 0.6 is 0 Å². The van der Waals surface area contributed by atoms with Crippen molar-refractivity contribution in [3.8, 4) is 0 Å². The van der Waals surface area contributed by atoms with Gasteiger partial charge in [0.15, 0.2) is 5.78 Å². The van der Waals surface area contributed by atoms with Crippen LogP contribution in [0.4, 0.5) is 0 Å². The van der Waals surface area contributed by atoms with Crippen molar-refractivity contribution in [3.63, 3.8) is 0 Å². The van der Waals surface area contributed by atoms with E-state index in [0.29, 0.717) is 18.4 Å². The highest BCUT2D eigenvalue weighted by molar-refractivity contribution is 6.04. The molecule has 1 atom stereocenters. The van der Waals surface area contributed by atoms with Gasteiger partial charge in [0, 0.05) is 17.3 Å². The molecule has 1 heterocycles. The third-order valence-electron chi connectivity index (χ3n) is 2.91. The Morgan fingerprint density at radius 3 is 2.72 bits per heavy atom. The standard InChI is InChI=1S/C14H15NO3/c1-18-14(17)12-8-7-11(15-12)9-13(16)10-5-3-2-4-6-10/h2-6,9,12,15H,7-8H2,1H3/b11-9-/t12-/m0/s1. The average Bonchev–Trinajstić information content (AvgIpc) is 2.87. The van der Waals surface area contributed by atoms with Crippen LogP contribution in [0.2, 0.25) is 0 Å². The molecule has 0 radical (unpaired) electrons. The summed E-state index contributed by atoms with van der Waals surface area (Å²) in [5.74, 6) is -0.339. The number of carbonyl (C=O) groups is 2. The first kappa shape index (κ1) is 12.4. The summed E-state index contributed by atoms with van der Waals surface area (Å²) >= 11 is 0. The number of benzene rings is 1. The Morgan fingerprint density at radius 1 is 1.33 bits per heavy atom. The summed E-state index contributed by atoms with van der Waals surface area (Å²) in [5, 5.41) is 3.01. The zero-order valence-corrected chi connectivity index (χ0v) is 10.2. The summed E-state index contributed by atoms with van der Waals surface area (Å²) < 4.78 is 4.66. The molecule has 1 aliphatic heterocycles. The molecular formula is C14H15NO3. The van der Waals surface area contributed by atoms with Crippen LogP contribution in [-0.2, 0) is 9.53 Å². The van der Waals surface area contributed by atoms with Crippen LogP contribution in [0.5, 0.6) is 0 Å². The van der Waals surface area contributed by atoms with Crippen molar-refractivity contribution in [2.24, 2.45) is 0 Å². The van der Waals surface area contributed by atoms with Crippen molar-refractivity contribution in [1.29, 1.82) is 0 Å². The summed E-state index contributed by atoms with van der Waals surface area (Å²) in [5.41, 5.74) is 1.44. The highest BCUT2D eigenvalue weighted by atomic mass is 16.5. The number of hydrogen-bond donors (Lipinski definition) is 1.